The van der Waals surface area contributed by atoms with Gasteiger partial charge in [0, 0.05) is 35.3 Å². The molecule has 0 aliphatic heterocycles. The van der Waals surface area contributed by atoms with Crippen LogP contribution in [-0.4, -0.2) is 18.6 Å². The molecule has 1 aromatic rings. The Bertz CT molecular complexity index is 399. The molecule has 1 aromatic carbocycles. The normalized spacial score (nSPS) is 15.2. The van der Waals surface area contributed by atoms with Crippen molar-refractivity contribution in [3.8, 4) is 0 Å². The van der Waals surface area contributed by atoms with Crippen LogP contribution in [0.15, 0.2) is 22.7 Å². The molecule has 0 saturated heterocycles. The molecule has 0 bridgehead atoms. The maximum absolute atomic E-state index is 3.61. The number of nitrogens with one attached hydrogen (secondary N) is 1. The Hall–Kier alpha value is -0.540. The average Bonchev–Trinajstić information content (AvgIpc) is 3.12. The van der Waals surface area contributed by atoms with Crippen LogP contribution < -0.4 is 10.2 Å². The van der Waals surface area contributed by atoms with E-state index < -0.39 is 0 Å². The molecular weight excluding hydrogens is 288 g/mol. The van der Waals surface area contributed by atoms with Crippen molar-refractivity contribution < 1.29 is 0 Å². The Morgan fingerprint density at radius 2 is 2.11 bits per heavy atom. The first-order valence-electron chi connectivity index (χ1n) is 6.90. The number of hydrogen-bond donors (Lipinski definition) is 1. The molecule has 0 unspecified atom stereocenters. The van der Waals surface area contributed by atoms with E-state index in [2.05, 4.69) is 65.1 Å². The lowest BCUT2D eigenvalue weighted by Gasteiger charge is -2.30. The van der Waals surface area contributed by atoms with Crippen LogP contribution in [0.4, 0.5) is 5.69 Å². The topological polar surface area (TPSA) is 15.3 Å². The molecule has 1 aliphatic carbocycles. The van der Waals surface area contributed by atoms with Crippen LogP contribution in [0.3, 0.4) is 0 Å². The molecule has 0 aromatic heterocycles. The van der Waals surface area contributed by atoms with Gasteiger partial charge in [-0.3, -0.25) is 0 Å². The fourth-order valence-corrected chi connectivity index (χ4v) is 2.66. The van der Waals surface area contributed by atoms with Crippen LogP contribution in [0, 0.1) is 0 Å². The summed E-state index contributed by atoms with van der Waals surface area (Å²) in [5.41, 5.74) is 2.76. The molecule has 100 valence electrons. The third-order valence-electron chi connectivity index (χ3n) is 3.48. The van der Waals surface area contributed by atoms with Crippen molar-refractivity contribution in [3.63, 3.8) is 0 Å². The van der Waals surface area contributed by atoms with Crippen LogP contribution in [-0.2, 0) is 6.54 Å². The first-order valence-corrected chi connectivity index (χ1v) is 7.69. The van der Waals surface area contributed by atoms with Crippen molar-refractivity contribution in [2.45, 2.75) is 52.2 Å². The first kappa shape index (κ1) is 13.9. The summed E-state index contributed by atoms with van der Waals surface area (Å²) in [5.74, 6) is 0. The fourth-order valence-electron chi connectivity index (χ4n) is 2.31. The van der Waals surface area contributed by atoms with E-state index in [-0.39, 0.29) is 0 Å². The molecule has 1 saturated carbocycles. The third kappa shape index (κ3) is 3.48. The Balaban J connectivity index is 2.20. The summed E-state index contributed by atoms with van der Waals surface area (Å²) in [7, 11) is 0. The predicted octanol–water partition coefficient (Wildman–Crippen LogP) is 3.94. The first-order chi connectivity index (χ1) is 8.61. The number of nitrogens with zero attached hydrogens (tertiary/aromatic N) is 1. The summed E-state index contributed by atoms with van der Waals surface area (Å²) >= 11 is 3.59. The van der Waals surface area contributed by atoms with E-state index in [1.807, 2.05) is 0 Å². The van der Waals surface area contributed by atoms with Gasteiger partial charge >= 0.3 is 0 Å². The molecule has 0 heterocycles. The van der Waals surface area contributed by atoms with Crippen molar-refractivity contribution in [2.24, 2.45) is 0 Å². The smallest absolute Gasteiger partial charge is 0.0425 e. The highest BCUT2D eigenvalue weighted by Crippen LogP contribution is 2.28. The number of halogens is 1. The van der Waals surface area contributed by atoms with Crippen LogP contribution in [0.25, 0.3) is 0 Å². The van der Waals surface area contributed by atoms with Crippen LogP contribution in [0.5, 0.6) is 0 Å². The average molecular weight is 311 g/mol. The van der Waals surface area contributed by atoms with Gasteiger partial charge in [-0.15, -0.1) is 0 Å². The Morgan fingerprint density at radius 1 is 1.39 bits per heavy atom. The molecule has 18 heavy (non-hydrogen) atoms. The maximum Gasteiger partial charge on any atom is 0.0425 e. The fraction of sp³-hybridized carbons (Fsp3) is 0.600. The van der Waals surface area contributed by atoms with E-state index in [4.69, 9.17) is 0 Å². The van der Waals surface area contributed by atoms with Crippen molar-refractivity contribution in [2.75, 3.05) is 11.4 Å². The van der Waals surface area contributed by atoms with Gasteiger partial charge in [0.1, 0.15) is 0 Å². The summed E-state index contributed by atoms with van der Waals surface area (Å²) in [4.78, 5) is 2.45. The highest BCUT2D eigenvalue weighted by Gasteiger charge is 2.21. The zero-order valence-corrected chi connectivity index (χ0v) is 13.1. The molecule has 1 fully saturated rings. The van der Waals surface area contributed by atoms with Crippen molar-refractivity contribution >= 4 is 21.6 Å². The van der Waals surface area contributed by atoms with E-state index in [1.165, 1.54) is 24.1 Å². The largest absolute Gasteiger partial charge is 0.369 e. The SMILES string of the molecule is CCN(c1cc(Br)ccc1CNC1CC1)C(C)C. The highest BCUT2D eigenvalue weighted by atomic mass is 79.9. The Labute approximate surface area is 119 Å². The lowest BCUT2D eigenvalue weighted by atomic mass is 10.1. The summed E-state index contributed by atoms with van der Waals surface area (Å²) in [5, 5.41) is 3.61. The van der Waals surface area contributed by atoms with Gasteiger partial charge in [0.25, 0.3) is 0 Å². The van der Waals surface area contributed by atoms with Gasteiger partial charge in [-0.1, -0.05) is 22.0 Å². The molecule has 0 amide bonds. The third-order valence-corrected chi connectivity index (χ3v) is 3.97. The minimum absolute atomic E-state index is 0.531. The minimum atomic E-state index is 0.531. The summed E-state index contributed by atoms with van der Waals surface area (Å²) < 4.78 is 1.16. The Morgan fingerprint density at radius 3 is 2.67 bits per heavy atom. The summed E-state index contributed by atoms with van der Waals surface area (Å²) in [6.45, 7) is 8.76. The molecule has 0 spiro atoms. The lowest BCUT2D eigenvalue weighted by Crippen LogP contribution is -2.32. The number of hydrogen-bond acceptors (Lipinski definition) is 2. The second-order valence-electron chi connectivity index (χ2n) is 5.31. The van der Waals surface area contributed by atoms with Crippen molar-refractivity contribution in [1.82, 2.24) is 5.32 Å². The van der Waals surface area contributed by atoms with E-state index in [0.717, 1.165) is 23.6 Å². The standard InChI is InChI=1S/C15H23BrN2/c1-4-18(11(2)3)15-9-13(16)6-5-12(15)10-17-14-7-8-14/h5-6,9,11,14,17H,4,7-8,10H2,1-3H3. The number of benzene rings is 1. The van der Waals surface area contributed by atoms with Crippen LogP contribution in [0.1, 0.15) is 39.2 Å². The summed E-state index contributed by atoms with van der Waals surface area (Å²) in [6.07, 6.45) is 2.68. The number of rotatable bonds is 6. The molecule has 1 N–H and O–H groups in total. The van der Waals surface area contributed by atoms with E-state index in [0.29, 0.717) is 6.04 Å². The lowest BCUT2D eigenvalue weighted by molar-refractivity contribution is 0.667. The zero-order chi connectivity index (χ0) is 13.1. The maximum atomic E-state index is 3.61. The van der Waals surface area contributed by atoms with Gasteiger partial charge < -0.3 is 10.2 Å². The zero-order valence-electron chi connectivity index (χ0n) is 11.5. The molecule has 2 nitrogen and oxygen atoms in total. The molecule has 0 atom stereocenters. The molecule has 1 aliphatic rings. The summed E-state index contributed by atoms with van der Waals surface area (Å²) in [6, 6.07) is 7.91. The highest BCUT2D eigenvalue weighted by molar-refractivity contribution is 9.10. The van der Waals surface area contributed by atoms with Gasteiger partial charge in [0.05, 0.1) is 0 Å². The molecule has 3 heteroatoms. The van der Waals surface area contributed by atoms with Crippen LogP contribution in [0.2, 0.25) is 0 Å². The number of anilines is 1. The van der Waals surface area contributed by atoms with Gasteiger partial charge in [-0.2, -0.15) is 0 Å². The minimum Gasteiger partial charge on any atom is -0.369 e. The van der Waals surface area contributed by atoms with Gasteiger partial charge in [0.15, 0.2) is 0 Å². The van der Waals surface area contributed by atoms with Crippen molar-refractivity contribution in [1.29, 1.82) is 0 Å². The van der Waals surface area contributed by atoms with Gasteiger partial charge in [-0.05, 0) is 51.3 Å². The second-order valence-corrected chi connectivity index (χ2v) is 6.22. The van der Waals surface area contributed by atoms with E-state index in [9.17, 15) is 0 Å². The van der Waals surface area contributed by atoms with Gasteiger partial charge in [-0.25, -0.2) is 0 Å². The second kappa shape index (κ2) is 6.07. The molecular formula is C15H23BrN2. The molecule has 0 radical (unpaired) electrons. The van der Waals surface area contributed by atoms with Crippen LogP contribution >= 0.6 is 15.9 Å². The van der Waals surface area contributed by atoms with Crippen molar-refractivity contribution in [3.05, 3.63) is 28.2 Å². The quantitative estimate of drug-likeness (QED) is 0.856. The van der Waals surface area contributed by atoms with E-state index in [1.54, 1.807) is 0 Å². The monoisotopic (exact) mass is 310 g/mol. The van der Waals surface area contributed by atoms with Gasteiger partial charge in [0.2, 0.25) is 0 Å². The Kier molecular flexibility index (Phi) is 4.68. The van der Waals surface area contributed by atoms with E-state index >= 15 is 0 Å². The predicted molar refractivity (Wildman–Crippen MR) is 82.2 cm³/mol. The molecule has 2 rings (SSSR count).